The largest absolute Gasteiger partial charge is 0.497 e. The Hall–Kier alpha value is -4.54. The van der Waals surface area contributed by atoms with Gasteiger partial charge in [0, 0.05) is 32.5 Å². The van der Waals surface area contributed by atoms with Crippen LogP contribution in [0.3, 0.4) is 0 Å². The van der Waals surface area contributed by atoms with Crippen LogP contribution in [0, 0.1) is 5.82 Å². The predicted octanol–water partition coefficient (Wildman–Crippen LogP) is 5.02. The molecule has 4 aromatic carbocycles. The number of carbonyl (C=O) groups is 2. The van der Waals surface area contributed by atoms with Crippen molar-refractivity contribution in [1.82, 2.24) is 14.9 Å². The number of nitrogens with one attached hydrogen (secondary N) is 2. The molecule has 8 nitrogen and oxygen atoms in total. The van der Waals surface area contributed by atoms with Gasteiger partial charge in [-0.15, -0.1) is 0 Å². The maximum absolute atomic E-state index is 13.9. The number of rotatable bonds is 15. The van der Waals surface area contributed by atoms with Crippen LogP contribution >= 0.6 is 0 Å². The van der Waals surface area contributed by atoms with Gasteiger partial charge < -0.3 is 15.0 Å². The van der Waals surface area contributed by atoms with Crippen LogP contribution in [0.5, 0.6) is 5.75 Å². The summed E-state index contributed by atoms with van der Waals surface area (Å²) in [6.07, 6.45) is 0.697. The van der Waals surface area contributed by atoms with Gasteiger partial charge in [0.05, 0.1) is 12.0 Å². The van der Waals surface area contributed by atoms with Crippen LogP contribution in [-0.2, 0) is 45.5 Å². The van der Waals surface area contributed by atoms with Crippen LogP contribution in [-0.4, -0.2) is 44.8 Å². The molecule has 2 amide bonds. The molecule has 0 aliphatic heterocycles. The third-order valence-electron chi connectivity index (χ3n) is 7.36. The average Bonchev–Trinajstić information content (AvgIpc) is 3.06. The third-order valence-corrected chi connectivity index (χ3v) is 8.92. The lowest BCUT2D eigenvalue weighted by Gasteiger charge is -2.32. The van der Waals surface area contributed by atoms with E-state index in [2.05, 4.69) is 10.0 Å². The molecule has 0 aromatic heterocycles. The van der Waals surface area contributed by atoms with E-state index >= 15 is 0 Å². The van der Waals surface area contributed by atoms with E-state index in [0.717, 1.165) is 16.7 Å². The molecule has 0 spiro atoms. The minimum Gasteiger partial charge on any atom is -0.497 e. The summed E-state index contributed by atoms with van der Waals surface area (Å²) >= 11 is 0. The number of halogens is 1. The van der Waals surface area contributed by atoms with Gasteiger partial charge in [0.1, 0.15) is 17.6 Å². The lowest BCUT2D eigenvalue weighted by Crippen LogP contribution is -2.50. The number of methoxy groups -OCH3 is 1. The van der Waals surface area contributed by atoms with E-state index in [9.17, 15) is 22.4 Å². The van der Waals surface area contributed by atoms with Crippen LogP contribution in [0.25, 0.3) is 0 Å². The fourth-order valence-corrected chi connectivity index (χ4v) is 5.94. The summed E-state index contributed by atoms with van der Waals surface area (Å²) in [6.45, 7) is 2.35. The van der Waals surface area contributed by atoms with Crippen molar-refractivity contribution >= 4 is 21.8 Å². The Morgan fingerprint density at radius 1 is 0.822 bits per heavy atom. The lowest BCUT2D eigenvalue weighted by molar-refractivity contribution is -0.141. The first kappa shape index (κ1) is 33.4. The van der Waals surface area contributed by atoms with Gasteiger partial charge in [-0.2, -0.15) is 0 Å². The topological polar surface area (TPSA) is 105 Å². The highest BCUT2D eigenvalue weighted by Gasteiger charge is 2.30. The Balaban J connectivity index is 1.58. The molecule has 0 radical (unpaired) electrons. The quantitative estimate of drug-likeness (QED) is 0.192. The van der Waals surface area contributed by atoms with Crippen LogP contribution in [0.15, 0.2) is 108 Å². The van der Waals surface area contributed by atoms with Crippen molar-refractivity contribution in [3.63, 3.8) is 0 Å². The van der Waals surface area contributed by atoms with Crippen molar-refractivity contribution in [3.8, 4) is 5.75 Å². The van der Waals surface area contributed by atoms with Gasteiger partial charge in [0.15, 0.2) is 0 Å². The van der Waals surface area contributed by atoms with Crippen LogP contribution in [0.2, 0.25) is 0 Å². The second-order valence-corrected chi connectivity index (χ2v) is 12.3. The van der Waals surface area contributed by atoms with E-state index in [-0.39, 0.29) is 49.2 Å². The summed E-state index contributed by atoms with van der Waals surface area (Å²) < 4.78 is 46.0. The number of carbonyl (C=O) groups excluding carboxylic acids is 2. The standard InChI is InChI=1S/C35H38FN3O5S/c1-3-38-45(42,43)32-20-13-26(14-21-32)15-22-34(40)39(25-29-9-16-30(36)17-10-29)33(23-27-7-5-4-6-8-27)35(41)37-24-28-11-18-31(44-2)19-12-28/h4-14,16-21,33,38H,3,15,22-25H2,1-2H3,(H,37,41)/t33-/m0/s1. The summed E-state index contributed by atoms with van der Waals surface area (Å²) in [7, 11) is -2.01. The van der Waals surface area contributed by atoms with Crippen molar-refractivity contribution < 1.29 is 27.1 Å². The summed E-state index contributed by atoms with van der Waals surface area (Å²) in [5.74, 6) is -0.265. The lowest BCUT2D eigenvalue weighted by atomic mass is 10.0. The first-order chi connectivity index (χ1) is 21.7. The molecule has 0 fully saturated rings. The van der Waals surface area contributed by atoms with E-state index in [1.54, 1.807) is 43.2 Å². The Morgan fingerprint density at radius 2 is 1.44 bits per heavy atom. The Labute approximate surface area is 264 Å². The van der Waals surface area contributed by atoms with Gasteiger partial charge in [0.2, 0.25) is 21.8 Å². The molecule has 0 saturated heterocycles. The molecule has 0 saturated carbocycles. The maximum atomic E-state index is 13.9. The minimum atomic E-state index is -3.59. The van der Waals surface area contributed by atoms with Gasteiger partial charge in [-0.3, -0.25) is 9.59 Å². The molecule has 4 aromatic rings. The number of amides is 2. The van der Waals surface area contributed by atoms with Crippen molar-refractivity contribution in [3.05, 3.63) is 131 Å². The summed E-state index contributed by atoms with van der Waals surface area (Å²) in [4.78, 5) is 29.5. The number of hydrogen-bond donors (Lipinski definition) is 2. The van der Waals surface area contributed by atoms with Crippen molar-refractivity contribution in [2.45, 2.75) is 50.2 Å². The fourth-order valence-electron chi connectivity index (χ4n) is 4.89. The monoisotopic (exact) mass is 631 g/mol. The van der Waals surface area contributed by atoms with Crippen molar-refractivity contribution in [2.24, 2.45) is 0 Å². The minimum absolute atomic E-state index is 0.0809. The van der Waals surface area contributed by atoms with Crippen LogP contribution in [0.1, 0.15) is 35.6 Å². The SMILES string of the molecule is CCNS(=O)(=O)c1ccc(CCC(=O)N(Cc2ccc(F)cc2)[C@@H](Cc2ccccc2)C(=O)NCc2ccc(OC)cc2)cc1. The van der Waals surface area contributed by atoms with Crippen LogP contribution < -0.4 is 14.8 Å². The van der Waals surface area contributed by atoms with E-state index < -0.39 is 21.9 Å². The second-order valence-electron chi connectivity index (χ2n) is 10.6. The summed E-state index contributed by atoms with van der Waals surface area (Å²) in [5.41, 5.74) is 3.22. The molecule has 0 aliphatic carbocycles. The number of ether oxygens (including phenoxy) is 1. The highest BCUT2D eigenvalue weighted by Crippen LogP contribution is 2.19. The number of hydrogen-bond acceptors (Lipinski definition) is 5. The molecule has 0 unspecified atom stereocenters. The Kier molecular flexibility index (Phi) is 11.8. The zero-order chi connectivity index (χ0) is 32.2. The highest BCUT2D eigenvalue weighted by atomic mass is 32.2. The van der Waals surface area contributed by atoms with Gasteiger partial charge in [0.25, 0.3) is 0 Å². The van der Waals surface area contributed by atoms with Gasteiger partial charge >= 0.3 is 0 Å². The normalized spacial score (nSPS) is 11.9. The number of nitrogens with zero attached hydrogens (tertiary/aromatic N) is 1. The Bertz CT molecular complexity index is 1650. The number of sulfonamides is 1. The van der Waals surface area contributed by atoms with Crippen molar-refractivity contribution in [1.29, 1.82) is 0 Å². The molecular formula is C35H38FN3O5S. The molecule has 0 aliphatic rings. The molecule has 10 heteroatoms. The third kappa shape index (κ3) is 9.72. The first-order valence-corrected chi connectivity index (χ1v) is 16.2. The van der Waals surface area contributed by atoms with Crippen LogP contribution in [0.4, 0.5) is 4.39 Å². The predicted molar refractivity (Wildman–Crippen MR) is 171 cm³/mol. The zero-order valence-corrected chi connectivity index (χ0v) is 26.2. The highest BCUT2D eigenvalue weighted by molar-refractivity contribution is 7.89. The smallest absolute Gasteiger partial charge is 0.243 e. The van der Waals surface area contributed by atoms with Gasteiger partial charge in [-0.25, -0.2) is 17.5 Å². The zero-order valence-electron chi connectivity index (χ0n) is 25.4. The molecule has 45 heavy (non-hydrogen) atoms. The fraction of sp³-hybridized carbons (Fsp3) is 0.257. The molecule has 2 N–H and O–H groups in total. The molecule has 4 rings (SSSR count). The van der Waals surface area contributed by atoms with E-state index in [1.165, 1.54) is 24.3 Å². The van der Waals surface area contributed by atoms with E-state index in [1.807, 2.05) is 54.6 Å². The average molecular weight is 632 g/mol. The molecule has 1 atom stereocenters. The molecule has 0 heterocycles. The molecule has 236 valence electrons. The number of benzene rings is 4. The number of aryl methyl sites for hydroxylation is 1. The first-order valence-electron chi connectivity index (χ1n) is 14.8. The van der Waals surface area contributed by atoms with Gasteiger partial charge in [-0.1, -0.05) is 73.7 Å². The van der Waals surface area contributed by atoms with Crippen molar-refractivity contribution in [2.75, 3.05) is 13.7 Å². The molecular weight excluding hydrogens is 593 g/mol. The summed E-state index contributed by atoms with van der Waals surface area (Å²) in [5, 5.41) is 2.99. The van der Waals surface area contributed by atoms with E-state index in [0.29, 0.717) is 17.7 Å². The second kappa shape index (κ2) is 16.0. The summed E-state index contributed by atoms with van der Waals surface area (Å²) in [6, 6.07) is 28.2. The van der Waals surface area contributed by atoms with Gasteiger partial charge in [-0.05, 0) is 65.1 Å². The van der Waals surface area contributed by atoms with E-state index in [4.69, 9.17) is 4.74 Å². The molecule has 0 bridgehead atoms. The maximum Gasteiger partial charge on any atom is 0.243 e. The Morgan fingerprint density at radius 3 is 2.07 bits per heavy atom.